The molecule has 0 unspecified atom stereocenters. The van der Waals surface area contributed by atoms with Crippen molar-refractivity contribution in [2.45, 2.75) is 96.6 Å². The number of carboxylic acid groups (broad SMARTS) is 2. The van der Waals surface area contributed by atoms with Gasteiger partial charge in [0.25, 0.3) is 0 Å². The van der Waals surface area contributed by atoms with Gasteiger partial charge in [0, 0.05) is 29.3 Å². The maximum atomic E-state index is 13.9. The van der Waals surface area contributed by atoms with E-state index in [1.54, 1.807) is 6.20 Å². The molecule has 0 radical (unpaired) electrons. The largest absolute Gasteiger partial charge is 0.481 e. The Morgan fingerprint density at radius 3 is 1.72 bits per heavy atom. The van der Waals surface area contributed by atoms with E-state index in [9.17, 15) is 38.7 Å². The second kappa shape index (κ2) is 19.5. The number of hydrogen-bond acceptors (Lipinski definition) is 9. The van der Waals surface area contributed by atoms with Crippen LogP contribution in [0.4, 0.5) is 0 Å². The average Bonchev–Trinajstić information content (AvgIpc) is 3.44. The third-order valence-corrected chi connectivity index (χ3v) is 8.05. The van der Waals surface area contributed by atoms with Gasteiger partial charge in [-0.3, -0.25) is 33.6 Å². The number of fused-ring (bicyclic) bond motifs is 1. The van der Waals surface area contributed by atoms with Crippen molar-refractivity contribution in [3.8, 4) is 0 Å². The van der Waals surface area contributed by atoms with Gasteiger partial charge >= 0.3 is 11.9 Å². The topological polar surface area (TPSA) is 262 Å². The number of carbonyl (C=O) groups is 7. The Morgan fingerprint density at radius 1 is 0.720 bits per heavy atom. The molecule has 0 bridgehead atoms. The van der Waals surface area contributed by atoms with Crippen molar-refractivity contribution in [3.05, 3.63) is 36.0 Å². The SMILES string of the molecule is CC(C)C[C@H](NC(=O)[C@H](CC(C)C)NC(=O)[C@@H](N)CC(=O)O)C(=O)N[C@@H](Cc1c[nH]c2ccccc12)C(=O)N[C@@H](CS)C(=O)N[C@@H](C)C(=O)O. The van der Waals surface area contributed by atoms with E-state index in [2.05, 4.69) is 44.2 Å². The molecule has 1 heterocycles. The number of carbonyl (C=O) groups excluding carboxylic acids is 5. The number of benzene rings is 1. The van der Waals surface area contributed by atoms with Gasteiger partial charge in [0.05, 0.1) is 12.5 Å². The zero-order valence-corrected chi connectivity index (χ0v) is 29.7. The summed E-state index contributed by atoms with van der Waals surface area (Å²) in [6.45, 7) is 8.55. The van der Waals surface area contributed by atoms with Gasteiger partial charge in [-0.2, -0.15) is 12.6 Å². The zero-order chi connectivity index (χ0) is 37.7. The Labute approximate surface area is 295 Å². The number of nitrogens with two attached hydrogens (primary N) is 1. The minimum atomic E-state index is -1.40. The second-order valence-electron chi connectivity index (χ2n) is 13.0. The molecule has 17 heteroatoms. The Morgan fingerprint density at radius 2 is 1.20 bits per heavy atom. The monoisotopic (exact) mass is 719 g/mol. The maximum absolute atomic E-state index is 13.9. The number of carboxylic acids is 2. The molecule has 16 nitrogen and oxygen atoms in total. The Kier molecular flexibility index (Phi) is 16.2. The molecule has 0 spiro atoms. The quantitative estimate of drug-likeness (QED) is 0.0823. The summed E-state index contributed by atoms with van der Waals surface area (Å²) in [7, 11) is 0. The summed E-state index contributed by atoms with van der Waals surface area (Å²) in [5.74, 6) is -6.72. The van der Waals surface area contributed by atoms with Crippen LogP contribution in [-0.2, 0) is 40.0 Å². The Hall–Kier alpha value is -4.64. The van der Waals surface area contributed by atoms with Gasteiger partial charge in [0.15, 0.2) is 0 Å². The number of nitrogens with one attached hydrogen (secondary N) is 6. The second-order valence-corrected chi connectivity index (χ2v) is 13.4. The summed E-state index contributed by atoms with van der Waals surface area (Å²) in [5, 5.41) is 31.7. The normalized spacial score (nSPS) is 14.9. The molecule has 0 saturated carbocycles. The van der Waals surface area contributed by atoms with E-state index in [0.717, 1.165) is 10.9 Å². The molecule has 0 saturated heterocycles. The van der Waals surface area contributed by atoms with E-state index in [4.69, 9.17) is 10.8 Å². The number of aromatic nitrogens is 1. The minimum Gasteiger partial charge on any atom is -0.481 e. The predicted octanol–water partition coefficient (Wildman–Crippen LogP) is 0.0629. The van der Waals surface area contributed by atoms with Crippen LogP contribution in [0.15, 0.2) is 30.5 Å². The molecule has 5 amide bonds. The van der Waals surface area contributed by atoms with Crippen molar-refractivity contribution in [3.63, 3.8) is 0 Å². The Bertz CT molecular complexity index is 1530. The lowest BCUT2D eigenvalue weighted by Gasteiger charge is -2.28. The molecule has 0 fully saturated rings. The molecule has 2 aromatic rings. The molecule has 2 rings (SSSR count). The van der Waals surface area contributed by atoms with Gasteiger partial charge < -0.3 is 47.5 Å². The number of amides is 5. The summed E-state index contributed by atoms with van der Waals surface area (Å²) in [4.78, 5) is 92.0. The highest BCUT2D eigenvalue weighted by Crippen LogP contribution is 2.20. The Balaban J connectivity index is 2.38. The van der Waals surface area contributed by atoms with E-state index in [0.29, 0.717) is 5.56 Å². The van der Waals surface area contributed by atoms with E-state index in [-0.39, 0.29) is 36.9 Å². The van der Waals surface area contributed by atoms with Gasteiger partial charge in [-0.05, 0) is 43.2 Å². The van der Waals surface area contributed by atoms with Crippen molar-refractivity contribution in [1.29, 1.82) is 0 Å². The number of aromatic amines is 1. The molecule has 0 aliphatic carbocycles. The van der Waals surface area contributed by atoms with Crippen molar-refractivity contribution >= 4 is 65.0 Å². The third kappa shape index (κ3) is 13.0. The zero-order valence-electron chi connectivity index (χ0n) is 28.8. The van der Waals surface area contributed by atoms with Gasteiger partial charge in [0.1, 0.15) is 30.2 Å². The van der Waals surface area contributed by atoms with Crippen molar-refractivity contribution in [2.24, 2.45) is 17.6 Å². The van der Waals surface area contributed by atoms with E-state index in [1.165, 1.54) is 6.92 Å². The van der Waals surface area contributed by atoms with Gasteiger partial charge in [0.2, 0.25) is 29.5 Å². The molecule has 1 aromatic heterocycles. The van der Waals surface area contributed by atoms with Crippen LogP contribution in [0.25, 0.3) is 10.9 Å². The van der Waals surface area contributed by atoms with Crippen LogP contribution >= 0.6 is 12.6 Å². The van der Waals surface area contributed by atoms with Crippen LogP contribution in [0.3, 0.4) is 0 Å². The molecule has 50 heavy (non-hydrogen) atoms. The lowest BCUT2D eigenvalue weighted by Crippen LogP contribution is -2.60. The maximum Gasteiger partial charge on any atom is 0.325 e. The number of H-pyrrole nitrogens is 1. The first kappa shape index (κ1) is 41.5. The van der Waals surface area contributed by atoms with Crippen LogP contribution in [0.5, 0.6) is 0 Å². The standard InChI is InChI=1S/C33H49N7O9S/c1-16(2)10-23(37-28(43)21(34)13-27(41)42)29(44)38-24(11-17(3)4)30(45)39-25(12-19-14-35-22-9-7-6-8-20(19)22)31(46)40-26(15-50)32(47)36-18(5)33(48)49/h6-9,14,16-18,21,23-26,35,50H,10-13,15,34H2,1-5H3,(H,36,47)(H,37,43)(H,38,44)(H,39,45)(H,40,46)(H,41,42)(H,48,49)/t18-,21-,23-,24-,25-,26-/m0/s1. The first-order valence-corrected chi connectivity index (χ1v) is 16.9. The van der Waals surface area contributed by atoms with Gasteiger partial charge in [-0.15, -0.1) is 0 Å². The number of rotatable bonds is 20. The summed E-state index contributed by atoms with van der Waals surface area (Å²) in [6.07, 6.45) is 1.33. The molecule has 0 aliphatic heterocycles. The lowest BCUT2D eigenvalue weighted by molar-refractivity contribution is -0.141. The van der Waals surface area contributed by atoms with E-state index < -0.39 is 84.1 Å². The highest BCUT2D eigenvalue weighted by molar-refractivity contribution is 7.80. The van der Waals surface area contributed by atoms with E-state index in [1.807, 2.05) is 52.0 Å². The molecule has 0 aliphatic rings. The number of thiol groups is 1. The third-order valence-electron chi connectivity index (χ3n) is 7.69. The minimum absolute atomic E-state index is 0.0239. The van der Waals surface area contributed by atoms with Crippen molar-refractivity contribution < 1.29 is 43.8 Å². The first-order valence-electron chi connectivity index (χ1n) is 16.3. The number of aliphatic carboxylic acids is 2. The highest BCUT2D eigenvalue weighted by Gasteiger charge is 2.33. The average molecular weight is 720 g/mol. The molecular weight excluding hydrogens is 670 g/mol. The fourth-order valence-corrected chi connectivity index (χ4v) is 5.34. The number of hydrogen-bond donors (Lipinski definition) is 10. The van der Waals surface area contributed by atoms with Crippen molar-refractivity contribution in [1.82, 2.24) is 31.6 Å². The summed E-state index contributed by atoms with van der Waals surface area (Å²) < 4.78 is 0. The van der Waals surface area contributed by atoms with Crippen molar-refractivity contribution in [2.75, 3.05) is 5.75 Å². The van der Waals surface area contributed by atoms with Crippen LogP contribution in [0.1, 0.15) is 59.4 Å². The molecule has 6 atom stereocenters. The van der Waals surface area contributed by atoms with Crippen LogP contribution in [0.2, 0.25) is 0 Å². The molecule has 276 valence electrons. The highest BCUT2D eigenvalue weighted by atomic mass is 32.1. The molecular formula is C33H49N7O9S. The van der Waals surface area contributed by atoms with Gasteiger partial charge in [-0.1, -0.05) is 45.9 Å². The first-order chi connectivity index (χ1) is 23.4. The van der Waals surface area contributed by atoms with Gasteiger partial charge in [-0.25, -0.2) is 0 Å². The molecule has 10 N–H and O–H groups in total. The van der Waals surface area contributed by atoms with Crippen LogP contribution < -0.4 is 32.3 Å². The number of para-hydroxylation sites is 1. The fraction of sp³-hybridized carbons (Fsp3) is 0.545. The van der Waals surface area contributed by atoms with E-state index >= 15 is 0 Å². The lowest BCUT2D eigenvalue weighted by atomic mass is 9.98. The predicted molar refractivity (Wildman–Crippen MR) is 188 cm³/mol. The summed E-state index contributed by atoms with van der Waals surface area (Å²) in [6, 6.07) is -0.128. The smallest absolute Gasteiger partial charge is 0.325 e. The summed E-state index contributed by atoms with van der Waals surface area (Å²) in [5.41, 5.74) is 7.16. The molecule has 1 aromatic carbocycles. The van der Waals surface area contributed by atoms with Crippen LogP contribution in [0, 0.1) is 11.8 Å². The summed E-state index contributed by atoms with van der Waals surface area (Å²) >= 11 is 4.15. The van der Waals surface area contributed by atoms with Crippen LogP contribution in [-0.4, -0.2) is 98.7 Å². The fourth-order valence-electron chi connectivity index (χ4n) is 5.08.